The zero-order chi connectivity index (χ0) is 10.9. The number of anilines is 1. The lowest BCUT2D eigenvalue weighted by molar-refractivity contribution is 0.583. The number of aryl methyl sites for hydroxylation is 1. The summed E-state index contributed by atoms with van der Waals surface area (Å²) in [5.74, 6) is 0.774. The minimum absolute atomic E-state index is 0.0572. The van der Waals surface area contributed by atoms with E-state index in [2.05, 4.69) is 4.98 Å². The van der Waals surface area contributed by atoms with Gasteiger partial charge in [0, 0.05) is 13.2 Å². The van der Waals surface area contributed by atoms with Gasteiger partial charge in [0.25, 0.3) is 0 Å². The SMILES string of the molecule is CC(C)S(=O)(=O)Cc1nc(N)cn1C. The van der Waals surface area contributed by atoms with E-state index in [1.54, 1.807) is 31.7 Å². The monoisotopic (exact) mass is 217 g/mol. The van der Waals surface area contributed by atoms with Gasteiger partial charge in [-0.1, -0.05) is 0 Å². The average molecular weight is 217 g/mol. The van der Waals surface area contributed by atoms with Crippen LogP contribution in [0.4, 0.5) is 5.82 Å². The molecule has 0 aliphatic rings. The summed E-state index contributed by atoms with van der Waals surface area (Å²) >= 11 is 0. The Kier molecular flexibility index (Phi) is 2.84. The van der Waals surface area contributed by atoms with Crippen molar-refractivity contribution in [3.63, 3.8) is 0 Å². The molecular formula is C8H15N3O2S. The highest BCUT2D eigenvalue weighted by Crippen LogP contribution is 2.11. The number of hydrogen-bond donors (Lipinski definition) is 1. The average Bonchev–Trinajstić information content (AvgIpc) is 2.29. The lowest BCUT2D eigenvalue weighted by Crippen LogP contribution is -2.18. The molecule has 80 valence electrons. The molecule has 14 heavy (non-hydrogen) atoms. The van der Waals surface area contributed by atoms with Gasteiger partial charge in [-0.2, -0.15) is 0 Å². The van der Waals surface area contributed by atoms with Gasteiger partial charge in [0.05, 0.1) is 5.25 Å². The molecule has 0 aromatic carbocycles. The van der Waals surface area contributed by atoms with Crippen LogP contribution in [0.25, 0.3) is 0 Å². The molecule has 0 saturated carbocycles. The number of nitrogen functional groups attached to an aromatic ring is 1. The molecule has 2 N–H and O–H groups in total. The maximum Gasteiger partial charge on any atom is 0.159 e. The van der Waals surface area contributed by atoms with E-state index in [0.717, 1.165) is 0 Å². The molecule has 0 unspecified atom stereocenters. The summed E-state index contributed by atoms with van der Waals surface area (Å²) in [6, 6.07) is 0. The Labute approximate surface area is 83.9 Å². The molecule has 0 bridgehead atoms. The number of nitrogens with two attached hydrogens (primary N) is 1. The molecular weight excluding hydrogens is 202 g/mol. The molecule has 1 heterocycles. The summed E-state index contributed by atoms with van der Waals surface area (Å²) in [5, 5.41) is -0.388. The molecule has 1 rings (SSSR count). The fourth-order valence-electron chi connectivity index (χ4n) is 1.01. The van der Waals surface area contributed by atoms with Crippen molar-refractivity contribution in [3.8, 4) is 0 Å². The summed E-state index contributed by atoms with van der Waals surface area (Å²) in [7, 11) is -1.37. The van der Waals surface area contributed by atoms with E-state index >= 15 is 0 Å². The molecule has 5 nitrogen and oxygen atoms in total. The van der Waals surface area contributed by atoms with Crippen LogP contribution in [0, 0.1) is 0 Å². The largest absolute Gasteiger partial charge is 0.382 e. The van der Waals surface area contributed by atoms with Gasteiger partial charge in [-0.15, -0.1) is 0 Å². The smallest absolute Gasteiger partial charge is 0.159 e. The van der Waals surface area contributed by atoms with Crippen molar-refractivity contribution in [2.75, 3.05) is 5.73 Å². The zero-order valence-corrected chi connectivity index (χ0v) is 9.37. The van der Waals surface area contributed by atoms with Gasteiger partial charge < -0.3 is 10.3 Å². The quantitative estimate of drug-likeness (QED) is 0.791. The first-order valence-electron chi connectivity index (χ1n) is 4.32. The van der Waals surface area contributed by atoms with Gasteiger partial charge in [0.2, 0.25) is 0 Å². The van der Waals surface area contributed by atoms with E-state index in [9.17, 15) is 8.42 Å². The summed E-state index contributed by atoms with van der Waals surface area (Å²) in [6.07, 6.45) is 1.60. The van der Waals surface area contributed by atoms with Crippen molar-refractivity contribution in [2.45, 2.75) is 24.9 Å². The molecule has 0 aliphatic carbocycles. The van der Waals surface area contributed by atoms with E-state index in [0.29, 0.717) is 11.6 Å². The van der Waals surface area contributed by atoms with E-state index in [1.807, 2.05) is 0 Å². The zero-order valence-electron chi connectivity index (χ0n) is 8.56. The van der Waals surface area contributed by atoms with Crippen molar-refractivity contribution >= 4 is 15.7 Å². The first-order chi connectivity index (χ1) is 6.33. The predicted molar refractivity (Wildman–Crippen MR) is 55.4 cm³/mol. The lowest BCUT2D eigenvalue weighted by Gasteiger charge is -2.06. The minimum atomic E-state index is -3.10. The normalized spacial score (nSPS) is 12.3. The maximum atomic E-state index is 11.6. The van der Waals surface area contributed by atoms with Crippen LogP contribution in [-0.2, 0) is 22.6 Å². The van der Waals surface area contributed by atoms with E-state index in [1.165, 1.54) is 0 Å². The predicted octanol–water partition coefficient (Wildman–Crippen LogP) is 0.325. The molecule has 0 atom stereocenters. The second-order valence-electron chi connectivity index (χ2n) is 3.55. The summed E-state index contributed by atoms with van der Waals surface area (Å²) < 4.78 is 24.8. The van der Waals surface area contributed by atoms with Crippen LogP contribution in [0.5, 0.6) is 0 Å². The Morgan fingerprint density at radius 1 is 1.57 bits per heavy atom. The number of nitrogens with zero attached hydrogens (tertiary/aromatic N) is 2. The summed E-state index contributed by atoms with van der Waals surface area (Å²) in [4.78, 5) is 3.94. The number of aromatic nitrogens is 2. The van der Waals surface area contributed by atoms with Crippen LogP contribution in [-0.4, -0.2) is 23.2 Å². The van der Waals surface area contributed by atoms with Gasteiger partial charge in [0.1, 0.15) is 17.4 Å². The van der Waals surface area contributed by atoms with Crippen LogP contribution in [0.1, 0.15) is 19.7 Å². The molecule has 0 spiro atoms. The van der Waals surface area contributed by atoms with Crippen LogP contribution in [0.2, 0.25) is 0 Å². The van der Waals surface area contributed by atoms with Crippen LogP contribution in [0.3, 0.4) is 0 Å². The third kappa shape index (κ3) is 2.25. The first kappa shape index (κ1) is 11.0. The van der Waals surface area contributed by atoms with E-state index < -0.39 is 9.84 Å². The fourth-order valence-corrected chi connectivity index (χ4v) is 1.97. The second-order valence-corrected chi connectivity index (χ2v) is 6.11. The Hall–Kier alpha value is -1.04. The van der Waals surface area contributed by atoms with E-state index in [4.69, 9.17) is 5.73 Å². The van der Waals surface area contributed by atoms with Crippen LogP contribution >= 0.6 is 0 Å². The molecule has 0 aliphatic heterocycles. The number of sulfone groups is 1. The fraction of sp³-hybridized carbons (Fsp3) is 0.625. The highest BCUT2D eigenvalue weighted by atomic mass is 32.2. The number of imidazole rings is 1. The summed E-state index contributed by atoms with van der Waals surface area (Å²) in [5.41, 5.74) is 5.45. The van der Waals surface area contributed by atoms with Crippen LogP contribution in [0.15, 0.2) is 6.20 Å². The van der Waals surface area contributed by atoms with E-state index in [-0.39, 0.29) is 11.0 Å². The third-order valence-corrected chi connectivity index (χ3v) is 4.14. The molecule has 0 amide bonds. The van der Waals surface area contributed by atoms with Gasteiger partial charge in [-0.3, -0.25) is 0 Å². The highest BCUT2D eigenvalue weighted by molar-refractivity contribution is 7.91. The Balaban J connectivity index is 2.95. The van der Waals surface area contributed by atoms with Crippen LogP contribution < -0.4 is 5.73 Å². The number of hydrogen-bond acceptors (Lipinski definition) is 4. The maximum absolute atomic E-state index is 11.6. The first-order valence-corrected chi connectivity index (χ1v) is 6.03. The van der Waals surface area contributed by atoms with Gasteiger partial charge in [-0.25, -0.2) is 13.4 Å². The van der Waals surface area contributed by atoms with Gasteiger partial charge in [0.15, 0.2) is 9.84 Å². The second kappa shape index (κ2) is 3.61. The molecule has 0 fully saturated rings. The molecule has 1 aromatic heterocycles. The Morgan fingerprint density at radius 3 is 2.50 bits per heavy atom. The highest BCUT2D eigenvalue weighted by Gasteiger charge is 2.19. The van der Waals surface area contributed by atoms with Crippen molar-refractivity contribution in [1.82, 2.24) is 9.55 Å². The minimum Gasteiger partial charge on any atom is -0.382 e. The number of rotatable bonds is 3. The van der Waals surface area contributed by atoms with Crippen molar-refractivity contribution in [3.05, 3.63) is 12.0 Å². The van der Waals surface area contributed by atoms with Crippen molar-refractivity contribution < 1.29 is 8.42 Å². The molecule has 6 heteroatoms. The molecule has 1 aromatic rings. The summed E-state index contributed by atoms with van der Waals surface area (Å²) in [6.45, 7) is 3.31. The molecule has 0 saturated heterocycles. The Bertz CT molecular complexity index is 420. The van der Waals surface area contributed by atoms with Crippen molar-refractivity contribution in [1.29, 1.82) is 0 Å². The standard InChI is InChI=1S/C8H15N3O2S/c1-6(2)14(12,13)5-8-10-7(9)4-11(8)3/h4,6H,5,9H2,1-3H3. The van der Waals surface area contributed by atoms with Crippen molar-refractivity contribution in [2.24, 2.45) is 7.05 Å². The van der Waals surface area contributed by atoms with Gasteiger partial charge in [-0.05, 0) is 13.8 Å². The molecule has 0 radical (unpaired) electrons. The third-order valence-electron chi connectivity index (χ3n) is 2.04. The lowest BCUT2D eigenvalue weighted by atomic mass is 10.6. The van der Waals surface area contributed by atoms with Gasteiger partial charge >= 0.3 is 0 Å². The Morgan fingerprint density at radius 2 is 2.14 bits per heavy atom. The topological polar surface area (TPSA) is 78.0 Å².